The molecule has 0 aliphatic heterocycles. The maximum Gasteiger partial charge on any atom is 0.344 e. The van der Waals surface area contributed by atoms with Gasteiger partial charge in [-0.2, -0.15) is 0 Å². The Bertz CT molecular complexity index is 1390. The summed E-state index contributed by atoms with van der Waals surface area (Å²) >= 11 is 6.22. The van der Waals surface area contributed by atoms with Crippen molar-refractivity contribution in [3.8, 4) is 11.5 Å². The second-order valence-electron chi connectivity index (χ2n) is 9.06. The number of nitrogens with zero attached hydrogens (tertiary/aromatic N) is 1. The summed E-state index contributed by atoms with van der Waals surface area (Å²) in [7, 11) is 0. The Morgan fingerprint density at radius 3 is 2.46 bits per heavy atom. The third-order valence-electron chi connectivity index (χ3n) is 5.62. The van der Waals surface area contributed by atoms with Crippen LogP contribution in [-0.2, 0) is 22.7 Å². The fourth-order valence-corrected chi connectivity index (χ4v) is 3.99. The lowest BCUT2D eigenvalue weighted by molar-refractivity contribution is -0.145. The summed E-state index contributed by atoms with van der Waals surface area (Å²) in [4.78, 5) is 25.2. The van der Waals surface area contributed by atoms with Gasteiger partial charge >= 0.3 is 5.97 Å². The number of ether oxygens (including phenoxy) is 3. The number of nitrogens with one attached hydrogen (secondary N) is 2. The predicted octanol–water partition coefficient (Wildman–Crippen LogP) is 4.52. The fraction of sp³-hybridized carbons (Fsp3) is 0.276. The summed E-state index contributed by atoms with van der Waals surface area (Å²) in [6, 6.07) is 14.6. The second kappa shape index (κ2) is 14.8. The SMILES string of the molecule is CCOC(=O)COc1c(CNc2ccc(Cl)cc2C(=O)Nc2ccc(/C(N)=N/O)cc2)cc(CO)cc1OC(C)C. The van der Waals surface area contributed by atoms with Crippen LogP contribution in [0, 0.1) is 0 Å². The van der Waals surface area contributed by atoms with Crippen molar-refractivity contribution in [3.63, 3.8) is 0 Å². The zero-order chi connectivity index (χ0) is 29.9. The Balaban J connectivity index is 1.89. The number of amides is 1. The van der Waals surface area contributed by atoms with Crippen LogP contribution >= 0.6 is 11.6 Å². The summed E-state index contributed by atoms with van der Waals surface area (Å²) in [6.07, 6.45) is -0.206. The van der Waals surface area contributed by atoms with Crippen molar-refractivity contribution in [3.05, 3.63) is 81.9 Å². The number of anilines is 2. The minimum absolute atomic E-state index is 0.0537. The molecule has 6 N–H and O–H groups in total. The second-order valence-corrected chi connectivity index (χ2v) is 9.50. The van der Waals surface area contributed by atoms with Crippen LogP contribution in [0.25, 0.3) is 0 Å². The Morgan fingerprint density at radius 1 is 1.10 bits per heavy atom. The maximum absolute atomic E-state index is 13.2. The van der Waals surface area contributed by atoms with Crippen LogP contribution in [0.5, 0.6) is 11.5 Å². The first-order valence-electron chi connectivity index (χ1n) is 12.8. The van der Waals surface area contributed by atoms with Crippen molar-refractivity contribution in [2.24, 2.45) is 10.9 Å². The molecule has 0 radical (unpaired) electrons. The minimum atomic E-state index is -0.538. The number of aliphatic hydroxyl groups excluding tert-OH is 1. The molecule has 0 aliphatic carbocycles. The van der Waals surface area contributed by atoms with Gasteiger partial charge < -0.3 is 40.9 Å². The lowest BCUT2D eigenvalue weighted by atomic mass is 10.1. The monoisotopic (exact) mass is 584 g/mol. The van der Waals surface area contributed by atoms with Crippen LogP contribution < -0.4 is 25.8 Å². The normalized spacial score (nSPS) is 11.2. The molecule has 0 aromatic heterocycles. The Kier molecular flexibility index (Phi) is 11.2. The van der Waals surface area contributed by atoms with Gasteiger partial charge in [0.15, 0.2) is 23.9 Å². The zero-order valence-electron chi connectivity index (χ0n) is 22.9. The van der Waals surface area contributed by atoms with Crippen LogP contribution in [0.15, 0.2) is 59.8 Å². The highest BCUT2D eigenvalue weighted by molar-refractivity contribution is 6.31. The standard InChI is InChI=1S/C29H33ClN4O7/c1-4-39-26(36)16-40-27-20(11-18(15-35)12-25(27)41-17(2)3)14-32-24-10-7-21(30)13-23(24)29(37)33-22-8-5-19(6-9-22)28(31)34-38/h5-13,17,32,35,38H,4,14-16H2,1-3H3,(H2,31,34)(H,33,37). The van der Waals surface area contributed by atoms with Gasteiger partial charge in [-0.3, -0.25) is 4.79 Å². The lowest BCUT2D eigenvalue weighted by Gasteiger charge is -2.20. The average molecular weight is 585 g/mol. The van der Waals surface area contributed by atoms with E-state index in [0.717, 1.165) is 0 Å². The number of hydrogen-bond acceptors (Lipinski definition) is 9. The van der Waals surface area contributed by atoms with Crippen LogP contribution in [0.1, 0.15) is 47.8 Å². The number of nitrogens with two attached hydrogens (primary N) is 1. The summed E-state index contributed by atoms with van der Waals surface area (Å²) in [6.45, 7) is 5.18. The summed E-state index contributed by atoms with van der Waals surface area (Å²) in [5.74, 6) is -0.358. The number of benzene rings is 3. The van der Waals surface area contributed by atoms with Gasteiger partial charge in [0.25, 0.3) is 5.91 Å². The molecule has 0 unspecified atom stereocenters. The molecular formula is C29H33ClN4O7. The third kappa shape index (κ3) is 8.75. The van der Waals surface area contributed by atoms with Gasteiger partial charge in [-0.25, -0.2) is 4.79 Å². The first-order valence-corrected chi connectivity index (χ1v) is 13.2. The molecule has 0 heterocycles. The molecule has 3 aromatic rings. The molecule has 3 rings (SSSR count). The van der Waals surface area contributed by atoms with Gasteiger partial charge in [0.2, 0.25) is 0 Å². The Morgan fingerprint density at radius 2 is 1.83 bits per heavy atom. The first kappa shape index (κ1) is 31.1. The van der Waals surface area contributed by atoms with E-state index < -0.39 is 11.9 Å². The molecule has 0 spiro atoms. The van der Waals surface area contributed by atoms with Crippen LogP contribution in [-0.4, -0.2) is 47.3 Å². The van der Waals surface area contributed by atoms with Crippen molar-refractivity contribution in [2.75, 3.05) is 23.8 Å². The van der Waals surface area contributed by atoms with E-state index in [4.69, 9.17) is 36.8 Å². The van der Waals surface area contributed by atoms with E-state index in [1.165, 1.54) is 6.07 Å². The number of carbonyl (C=O) groups excluding carboxylic acids is 2. The third-order valence-corrected chi connectivity index (χ3v) is 5.85. The van der Waals surface area contributed by atoms with E-state index >= 15 is 0 Å². The average Bonchev–Trinajstić information content (AvgIpc) is 2.95. The van der Waals surface area contributed by atoms with Gasteiger partial charge in [0.05, 0.1) is 24.9 Å². The molecule has 0 saturated carbocycles. The number of amidine groups is 1. The Labute approximate surface area is 242 Å². The van der Waals surface area contributed by atoms with Gasteiger partial charge in [-0.15, -0.1) is 0 Å². The molecule has 218 valence electrons. The van der Waals surface area contributed by atoms with Crippen molar-refractivity contribution in [1.29, 1.82) is 0 Å². The molecule has 0 aliphatic rings. The van der Waals surface area contributed by atoms with Crippen LogP contribution in [0.4, 0.5) is 11.4 Å². The molecule has 12 heteroatoms. The molecule has 0 bridgehead atoms. The van der Waals surface area contributed by atoms with Crippen molar-refractivity contribution < 1.29 is 34.1 Å². The molecule has 0 saturated heterocycles. The van der Waals surface area contributed by atoms with E-state index in [-0.39, 0.29) is 43.9 Å². The highest BCUT2D eigenvalue weighted by Crippen LogP contribution is 2.35. The number of oxime groups is 1. The Hall–Kier alpha value is -4.48. The molecular weight excluding hydrogens is 552 g/mol. The van der Waals surface area contributed by atoms with Gasteiger partial charge in [-0.05, 0) is 80.9 Å². The van der Waals surface area contributed by atoms with E-state index in [1.54, 1.807) is 55.5 Å². The molecule has 1 amide bonds. The number of esters is 1. The molecule has 11 nitrogen and oxygen atoms in total. The van der Waals surface area contributed by atoms with Crippen molar-refractivity contribution in [1.82, 2.24) is 0 Å². The van der Waals surface area contributed by atoms with Gasteiger partial charge in [-0.1, -0.05) is 16.8 Å². The zero-order valence-corrected chi connectivity index (χ0v) is 23.7. The van der Waals surface area contributed by atoms with Crippen molar-refractivity contribution in [2.45, 2.75) is 40.0 Å². The minimum Gasteiger partial charge on any atom is -0.487 e. The number of rotatable bonds is 13. The number of hydrogen-bond donors (Lipinski definition) is 5. The highest BCUT2D eigenvalue weighted by Gasteiger charge is 2.19. The van der Waals surface area contributed by atoms with E-state index in [1.807, 2.05) is 13.8 Å². The quantitative estimate of drug-likeness (QED) is 0.0638. The molecule has 0 atom stereocenters. The van der Waals surface area contributed by atoms with Gasteiger partial charge in [0, 0.05) is 34.1 Å². The maximum atomic E-state index is 13.2. The molecule has 0 fully saturated rings. The smallest absolute Gasteiger partial charge is 0.344 e. The summed E-state index contributed by atoms with van der Waals surface area (Å²) in [5, 5.41) is 28.0. The lowest BCUT2D eigenvalue weighted by Crippen LogP contribution is -2.18. The summed E-state index contributed by atoms with van der Waals surface area (Å²) in [5.41, 5.74) is 8.46. The van der Waals surface area contributed by atoms with E-state index in [0.29, 0.717) is 44.6 Å². The van der Waals surface area contributed by atoms with Crippen LogP contribution in [0.3, 0.4) is 0 Å². The number of halogens is 1. The summed E-state index contributed by atoms with van der Waals surface area (Å²) < 4.78 is 16.7. The molecule has 41 heavy (non-hydrogen) atoms. The predicted molar refractivity (Wildman–Crippen MR) is 156 cm³/mol. The van der Waals surface area contributed by atoms with Gasteiger partial charge in [0.1, 0.15) is 0 Å². The topological polar surface area (TPSA) is 165 Å². The first-order chi connectivity index (χ1) is 19.6. The fourth-order valence-electron chi connectivity index (χ4n) is 3.81. The van der Waals surface area contributed by atoms with Crippen LogP contribution in [0.2, 0.25) is 5.02 Å². The number of carbonyl (C=O) groups is 2. The number of aliphatic hydroxyl groups is 1. The van der Waals surface area contributed by atoms with E-state index in [2.05, 4.69) is 15.8 Å². The molecule has 3 aromatic carbocycles. The largest absolute Gasteiger partial charge is 0.487 e. The van der Waals surface area contributed by atoms with E-state index in [9.17, 15) is 14.7 Å². The van der Waals surface area contributed by atoms with Crippen molar-refractivity contribution >= 4 is 40.7 Å². The highest BCUT2D eigenvalue weighted by atomic mass is 35.5.